The fourth-order valence-electron chi connectivity index (χ4n) is 4.82. The van der Waals surface area contributed by atoms with Crippen LogP contribution in [0.1, 0.15) is 44.8 Å². The van der Waals surface area contributed by atoms with Crippen LogP contribution in [0.2, 0.25) is 0 Å². The highest BCUT2D eigenvalue weighted by atomic mass is 16.5. The molecule has 0 radical (unpaired) electrons. The summed E-state index contributed by atoms with van der Waals surface area (Å²) in [6.45, 7) is 5.79. The number of hydrogen-bond acceptors (Lipinski definition) is 7. The molecule has 9 heteroatoms. The zero-order valence-electron chi connectivity index (χ0n) is 21.9. The molecule has 200 valence electrons. The summed E-state index contributed by atoms with van der Waals surface area (Å²) in [7, 11) is 0. The Bertz CT molecular complexity index is 1390. The highest BCUT2D eigenvalue weighted by Gasteiger charge is 2.18. The Labute approximate surface area is 227 Å². The van der Waals surface area contributed by atoms with Crippen molar-refractivity contribution in [1.82, 2.24) is 10.3 Å². The van der Waals surface area contributed by atoms with E-state index in [1.807, 2.05) is 25.1 Å². The molecule has 39 heavy (non-hydrogen) atoms. The SMILES string of the molecule is Cc1ncc(NC(=O)c2cc(C#N)cc(N3CCOCC3)c2)cc1-c1ccc(C(=O)NCC2CCCO2)cc1. The predicted octanol–water partition coefficient (Wildman–Crippen LogP) is 3.93. The number of aromatic nitrogens is 1. The van der Waals surface area contributed by atoms with Crippen molar-refractivity contribution in [2.24, 2.45) is 0 Å². The topological polar surface area (TPSA) is 117 Å². The zero-order chi connectivity index (χ0) is 27.2. The first kappa shape index (κ1) is 26.4. The van der Waals surface area contributed by atoms with E-state index < -0.39 is 0 Å². The number of nitrogens with zero attached hydrogens (tertiary/aromatic N) is 3. The molecule has 1 atom stereocenters. The average molecular weight is 526 g/mol. The van der Waals surface area contributed by atoms with Crippen LogP contribution in [0, 0.1) is 18.3 Å². The third-order valence-electron chi connectivity index (χ3n) is 7.00. The van der Waals surface area contributed by atoms with Gasteiger partial charge in [0.2, 0.25) is 0 Å². The van der Waals surface area contributed by atoms with Gasteiger partial charge in [-0.15, -0.1) is 0 Å². The molecule has 1 aromatic heterocycles. The first-order chi connectivity index (χ1) is 19.0. The van der Waals surface area contributed by atoms with E-state index in [1.165, 1.54) is 0 Å². The molecule has 2 aliphatic heterocycles. The quantitative estimate of drug-likeness (QED) is 0.480. The van der Waals surface area contributed by atoms with E-state index in [4.69, 9.17) is 9.47 Å². The molecule has 5 rings (SSSR count). The summed E-state index contributed by atoms with van der Waals surface area (Å²) >= 11 is 0. The number of carbonyl (C=O) groups is 2. The van der Waals surface area contributed by atoms with E-state index in [0.29, 0.717) is 55.2 Å². The number of amides is 2. The molecule has 3 heterocycles. The van der Waals surface area contributed by atoms with E-state index in [2.05, 4.69) is 26.6 Å². The summed E-state index contributed by atoms with van der Waals surface area (Å²) in [5.41, 5.74) is 5.28. The number of nitrogens with one attached hydrogen (secondary N) is 2. The maximum atomic E-state index is 13.2. The highest BCUT2D eigenvalue weighted by Crippen LogP contribution is 2.27. The molecule has 2 fully saturated rings. The first-order valence-corrected chi connectivity index (χ1v) is 13.2. The van der Waals surface area contributed by atoms with Gasteiger partial charge in [-0.05, 0) is 61.7 Å². The lowest BCUT2D eigenvalue weighted by atomic mass is 10.0. The lowest BCUT2D eigenvalue weighted by Crippen LogP contribution is -2.36. The monoisotopic (exact) mass is 525 g/mol. The summed E-state index contributed by atoms with van der Waals surface area (Å²) in [5.74, 6) is -0.458. The number of benzene rings is 2. The van der Waals surface area contributed by atoms with E-state index in [9.17, 15) is 14.9 Å². The Morgan fingerprint density at radius 2 is 1.85 bits per heavy atom. The van der Waals surface area contributed by atoms with Crippen molar-refractivity contribution in [3.8, 4) is 17.2 Å². The van der Waals surface area contributed by atoms with Crippen molar-refractivity contribution in [1.29, 1.82) is 5.26 Å². The number of pyridine rings is 1. The smallest absolute Gasteiger partial charge is 0.255 e. The number of anilines is 2. The second kappa shape index (κ2) is 12.1. The zero-order valence-corrected chi connectivity index (χ0v) is 21.9. The summed E-state index contributed by atoms with van der Waals surface area (Å²) in [4.78, 5) is 32.3. The van der Waals surface area contributed by atoms with Crippen molar-refractivity contribution in [2.45, 2.75) is 25.9 Å². The van der Waals surface area contributed by atoms with E-state index in [0.717, 1.165) is 42.0 Å². The number of hydrogen-bond donors (Lipinski definition) is 2. The van der Waals surface area contributed by atoms with Crippen LogP contribution in [-0.2, 0) is 9.47 Å². The van der Waals surface area contributed by atoms with Crippen LogP contribution in [-0.4, -0.2) is 62.4 Å². The Hall–Kier alpha value is -4.26. The van der Waals surface area contributed by atoms with Gasteiger partial charge in [-0.3, -0.25) is 14.6 Å². The second-order valence-corrected chi connectivity index (χ2v) is 9.71. The molecule has 0 spiro atoms. The Balaban J connectivity index is 1.29. The van der Waals surface area contributed by atoms with Gasteiger partial charge in [0.25, 0.3) is 11.8 Å². The van der Waals surface area contributed by atoms with Crippen molar-refractivity contribution in [3.63, 3.8) is 0 Å². The van der Waals surface area contributed by atoms with Crippen LogP contribution in [0.5, 0.6) is 0 Å². The standard InChI is InChI=1S/C30H31N5O4/c1-20-28(22-4-6-23(7-5-22)29(36)33-19-27-3-2-10-39-27)16-25(18-32-20)34-30(37)24-13-21(17-31)14-26(15-24)35-8-11-38-12-9-35/h4-7,13-16,18,27H,2-3,8-12,19H2,1H3,(H,33,36)(H,34,37). The third kappa shape index (κ3) is 6.42. The fourth-order valence-corrected chi connectivity index (χ4v) is 4.82. The maximum Gasteiger partial charge on any atom is 0.255 e. The largest absolute Gasteiger partial charge is 0.378 e. The molecular weight excluding hydrogens is 494 g/mol. The molecular formula is C30H31N5O4. The summed E-state index contributed by atoms with van der Waals surface area (Å²) in [6.07, 6.45) is 3.70. The number of carbonyl (C=O) groups excluding carboxylic acids is 2. The van der Waals surface area contributed by atoms with Gasteiger partial charge in [-0.2, -0.15) is 5.26 Å². The van der Waals surface area contributed by atoms with Crippen molar-refractivity contribution in [2.75, 3.05) is 49.7 Å². The molecule has 2 aliphatic rings. The molecule has 3 aromatic rings. The summed E-state index contributed by atoms with van der Waals surface area (Å²) < 4.78 is 11.0. The molecule has 0 saturated carbocycles. The number of nitriles is 1. The molecule has 9 nitrogen and oxygen atoms in total. The Kier molecular flexibility index (Phi) is 8.16. The van der Waals surface area contributed by atoms with Gasteiger partial charge >= 0.3 is 0 Å². The third-order valence-corrected chi connectivity index (χ3v) is 7.00. The van der Waals surface area contributed by atoms with Gasteiger partial charge in [-0.25, -0.2) is 0 Å². The van der Waals surface area contributed by atoms with Gasteiger partial charge in [-0.1, -0.05) is 12.1 Å². The number of rotatable bonds is 7. The van der Waals surface area contributed by atoms with Crippen LogP contribution in [0.15, 0.2) is 54.7 Å². The maximum absolute atomic E-state index is 13.2. The minimum Gasteiger partial charge on any atom is -0.378 e. The summed E-state index contributed by atoms with van der Waals surface area (Å²) in [6, 6.07) is 16.5. The lowest BCUT2D eigenvalue weighted by molar-refractivity contribution is 0.0857. The highest BCUT2D eigenvalue weighted by molar-refractivity contribution is 6.05. The van der Waals surface area contributed by atoms with Crippen molar-refractivity contribution in [3.05, 3.63) is 77.1 Å². The van der Waals surface area contributed by atoms with Gasteiger partial charge in [0.15, 0.2) is 0 Å². The molecule has 0 bridgehead atoms. The molecule has 2 N–H and O–H groups in total. The van der Waals surface area contributed by atoms with Crippen LogP contribution in [0.3, 0.4) is 0 Å². The van der Waals surface area contributed by atoms with Crippen LogP contribution in [0.25, 0.3) is 11.1 Å². The molecule has 0 aliphatic carbocycles. The average Bonchev–Trinajstić information content (AvgIpc) is 3.51. The van der Waals surface area contributed by atoms with Gasteiger partial charge in [0, 0.05) is 54.3 Å². The minimum atomic E-state index is -0.323. The number of morpholine rings is 1. The van der Waals surface area contributed by atoms with E-state index >= 15 is 0 Å². The summed E-state index contributed by atoms with van der Waals surface area (Å²) in [5, 5.41) is 15.4. The lowest BCUT2D eigenvalue weighted by Gasteiger charge is -2.29. The fraction of sp³-hybridized carbons (Fsp3) is 0.333. The Morgan fingerprint density at radius 3 is 2.56 bits per heavy atom. The Morgan fingerprint density at radius 1 is 1.05 bits per heavy atom. The molecule has 2 amide bonds. The normalized spacial score (nSPS) is 16.9. The van der Waals surface area contributed by atoms with Crippen molar-refractivity contribution >= 4 is 23.2 Å². The van der Waals surface area contributed by atoms with E-state index in [1.54, 1.807) is 36.5 Å². The molecule has 1 unspecified atom stereocenters. The predicted molar refractivity (Wildman–Crippen MR) is 148 cm³/mol. The van der Waals surface area contributed by atoms with E-state index in [-0.39, 0.29) is 17.9 Å². The first-order valence-electron chi connectivity index (χ1n) is 13.2. The number of ether oxygens (including phenoxy) is 2. The second-order valence-electron chi connectivity index (χ2n) is 9.71. The molecule has 2 saturated heterocycles. The van der Waals surface area contributed by atoms with Crippen LogP contribution < -0.4 is 15.5 Å². The van der Waals surface area contributed by atoms with Crippen LogP contribution >= 0.6 is 0 Å². The van der Waals surface area contributed by atoms with Gasteiger partial charge in [0.1, 0.15) is 0 Å². The number of aryl methyl sites for hydroxylation is 1. The van der Waals surface area contributed by atoms with Crippen LogP contribution in [0.4, 0.5) is 11.4 Å². The van der Waals surface area contributed by atoms with Gasteiger partial charge < -0.3 is 25.0 Å². The van der Waals surface area contributed by atoms with Crippen molar-refractivity contribution < 1.29 is 19.1 Å². The molecule has 2 aromatic carbocycles. The van der Waals surface area contributed by atoms with Gasteiger partial charge in [0.05, 0.1) is 42.8 Å². The minimum absolute atomic E-state index is 0.0910.